The first-order valence-corrected chi connectivity index (χ1v) is 10.3. The topological polar surface area (TPSA) is 3.24 Å². The summed E-state index contributed by atoms with van der Waals surface area (Å²) < 4.78 is 2.89. The lowest BCUT2D eigenvalue weighted by Crippen LogP contribution is -2.36. The average molecular weight is 269 g/mol. The first-order valence-electron chi connectivity index (χ1n) is 8.48. The highest BCUT2D eigenvalue weighted by Crippen LogP contribution is 2.20. The second kappa shape index (κ2) is 11.0. The van der Waals surface area contributed by atoms with Gasteiger partial charge in [-0.2, -0.15) is 0 Å². The van der Waals surface area contributed by atoms with Crippen molar-refractivity contribution >= 4 is 8.96 Å². The summed E-state index contributed by atoms with van der Waals surface area (Å²) in [5, 5.41) is 0. The summed E-state index contributed by atoms with van der Waals surface area (Å²) in [6.07, 6.45) is 14.6. The van der Waals surface area contributed by atoms with Crippen LogP contribution in [-0.2, 0) is 0 Å². The van der Waals surface area contributed by atoms with Crippen molar-refractivity contribution in [2.24, 2.45) is 0 Å². The fourth-order valence-corrected chi connectivity index (χ4v) is 6.13. The van der Waals surface area contributed by atoms with Gasteiger partial charge in [-0.3, -0.25) is 0 Å². The van der Waals surface area contributed by atoms with Crippen molar-refractivity contribution in [3.05, 3.63) is 0 Å². The normalized spacial score (nSPS) is 16.8. The molecule has 0 amide bonds. The van der Waals surface area contributed by atoms with Crippen LogP contribution in [0, 0.1) is 0 Å². The van der Waals surface area contributed by atoms with E-state index >= 15 is 0 Å². The van der Waals surface area contributed by atoms with Gasteiger partial charge in [0, 0.05) is 0 Å². The van der Waals surface area contributed by atoms with Gasteiger partial charge in [-0.1, -0.05) is 65.2 Å². The second-order valence-electron chi connectivity index (χ2n) is 5.88. The molecule has 107 valence electrons. The molecule has 1 saturated heterocycles. The van der Waals surface area contributed by atoms with Crippen molar-refractivity contribution in [3.63, 3.8) is 0 Å². The van der Waals surface area contributed by atoms with E-state index in [4.69, 9.17) is 0 Å². The van der Waals surface area contributed by atoms with Crippen LogP contribution in [0.5, 0.6) is 0 Å². The second-order valence-corrected chi connectivity index (χ2v) is 8.65. The molecule has 2 heteroatoms. The van der Waals surface area contributed by atoms with E-state index in [0.717, 1.165) is 0 Å². The summed E-state index contributed by atoms with van der Waals surface area (Å²) >= 11 is 0. The Morgan fingerprint density at radius 2 is 1.22 bits per heavy atom. The minimum absolute atomic E-state index is 0.150. The Labute approximate surface area is 117 Å². The van der Waals surface area contributed by atoms with Gasteiger partial charge in [0.25, 0.3) is 0 Å². The molecule has 0 spiro atoms. The van der Waals surface area contributed by atoms with Crippen molar-refractivity contribution in [2.45, 2.75) is 90.1 Å². The summed E-state index contributed by atoms with van der Waals surface area (Å²) in [5.41, 5.74) is 0. The number of nitrogens with zero attached hydrogens (tertiary/aromatic N) is 1. The smallest absolute Gasteiger partial charge is 0.136 e. The largest absolute Gasteiger partial charge is 0.324 e. The number of hydrogen-bond donors (Lipinski definition) is 0. The lowest BCUT2D eigenvalue weighted by atomic mass is 10.2. The minimum Gasteiger partial charge on any atom is -0.324 e. The van der Waals surface area contributed by atoms with Crippen molar-refractivity contribution in [2.75, 3.05) is 13.1 Å². The van der Waals surface area contributed by atoms with E-state index < -0.39 is 0 Å². The highest BCUT2D eigenvalue weighted by atomic mass is 28.3. The van der Waals surface area contributed by atoms with Crippen LogP contribution in [0.3, 0.4) is 0 Å². The van der Waals surface area contributed by atoms with Gasteiger partial charge in [-0.05, 0) is 38.0 Å². The Bertz CT molecular complexity index is 166. The van der Waals surface area contributed by atoms with Crippen LogP contribution in [0.25, 0.3) is 0 Å². The third-order valence-corrected chi connectivity index (χ3v) is 7.39. The maximum absolute atomic E-state index is 2.89. The Kier molecular flexibility index (Phi) is 9.96. The van der Waals surface area contributed by atoms with E-state index in [-0.39, 0.29) is 8.96 Å². The van der Waals surface area contributed by atoms with Crippen molar-refractivity contribution in [1.82, 2.24) is 4.57 Å². The summed E-state index contributed by atoms with van der Waals surface area (Å²) in [6.45, 7) is 7.49. The van der Waals surface area contributed by atoms with Crippen molar-refractivity contribution in [1.29, 1.82) is 0 Å². The highest BCUT2D eigenvalue weighted by Gasteiger charge is 2.22. The third-order valence-electron chi connectivity index (χ3n) is 4.19. The molecule has 1 heterocycles. The quantitative estimate of drug-likeness (QED) is 0.366. The molecule has 0 aromatic heterocycles. The molecule has 0 unspecified atom stereocenters. The van der Waals surface area contributed by atoms with Gasteiger partial charge in [0.05, 0.1) is 0 Å². The predicted molar refractivity (Wildman–Crippen MR) is 84.5 cm³/mol. The van der Waals surface area contributed by atoms with Crippen LogP contribution >= 0.6 is 0 Å². The van der Waals surface area contributed by atoms with E-state index in [1.807, 2.05) is 0 Å². The van der Waals surface area contributed by atoms with Gasteiger partial charge in [0.15, 0.2) is 0 Å². The van der Waals surface area contributed by atoms with Crippen molar-refractivity contribution in [3.8, 4) is 0 Å². The van der Waals surface area contributed by atoms with Gasteiger partial charge < -0.3 is 4.57 Å². The van der Waals surface area contributed by atoms with Crippen molar-refractivity contribution < 1.29 is 0 Å². The van der Waals surface area contributed by atoms with Gasteiger partial charge in [-0.25, -0.2) is 0 Å². The van der Waals surface area contributed by atoms with Crippen LogP contribution in [0.4, 0.5) is 0 Å². The maximum atomic E-state index is 2.89. The third kappa shape index (κ3) is 6.94. The molecule has 18 heavy (non-hydrogen) atoms. The van der Waals surface area contributed by atoms with E-state index in [2.05, 4.69) is 18.4 Å². The monoisotopic (exact) mass is 268 g/mol. The molecule has 0 bridgehead atoms. The molecular weight excluding hydrogens is 234 g/mol. The van der Waals surface area contributed by atoms with Gasteiger partial charge in [0.2, 0.25) is 0 Å². The molecule has 1 radical (unpaired) electrons. The lowest BCUT2D eigenvalue weighted by Gasteiger charge is -2.25. The molecule has 1 fully saturated rings. The van der Waals surface area contributed by atoms with Crippen LogP contribution in [0.1, 0.15) is 78.1 Å². The number of hydrogen-bond acceptors (Lipinski definition) is 1. The zero-order valence-corrected chi connectivity index (χ0v) is 13.8. The fourth-order valence-electron chi connectivity index (χ4n) is 2.99. The highest BCUT2D eigenvalue weighted by molar-refractivity contribution is 6.55. The standard InChI is InChI=1S/C16H34NSi/c1-3-5-7-11-15-18(16-12-8-6-4-2)17-13-9-10-14-17/h3-16H2,1-2H3. The summed E-state index contributed by atoms with van der Waals surface area (Å²) in [4.78, 5) is 0. The Hall–Kier alpha value is 0.177. The molecule has 1 nitrogen and oxygen atoms in total. The first-order chi connectivity index (χ1) is 8.88. The molecular formula is C16H34NSi. The maximum Gasteiger partial charge on any atom is 0.136 e. The molecule has 1 aliphatic heterocycles. The molecule has 0 N–H and O–H groups in total. The Morgan fingerprint density at radius 1 is 0.722 bits per heavy atom. The zero-order chi connectivity index (χ0) is 13.1. The van der Waals surface area contributed by atoms with Gasteiger partial charge in [0.1, 0.15) is 8.96 Å². The van der Waals surface area contributed by atoms with E-state index in [1.165, 1.54) is 77.3 Å². The van der Waals surface area contributed by atoms with E-state index in [9.17, 15) is 0 Å². The summed E-state index contributed by atoms with van der Waals surface area (Å²) in [6, 6.07) is 3.13. The van der Waals surface area contributed by atoms with Gasteiger partial charge in [-0.15, -0.1) is 0 Å². The Morgan fingerprint density at radius 3 is 1.67 bits per heavy atom. The number of rotatable bonds is 11. The van der Waals surface area contributed by atoms with Crippen LogP contribution < -0.4 is 0 Å². The van der Waals surface area contributed by atoms with E-state index in [0.29, 0.717) is 0 Å². The summed E-state index contributed by atoms with van der Waals surface area (Å²) in [5.74, 6) is 0. The zero-order valence-electron chi connectivity index (χ0n) is 12.8. The SMILES string of the molecule is CCCCCC[Si](CCCCCC)N1CCCC1. The van der Waals surface area contributed by atoms with E-state index in [1.54, 1.807) is 12.1 Å². The number of unbranched alkanes of at least 4 members (excludes halogenated alkanes) is 6. The first kappa shape index (κ1) is 16.2. The van der Waals surface area contributed by atoms with Crippen LogP contribution in [-0.4, -0.2) is 26.6 Å². The molecule has 0 aromatic rings. The summed E-state index contributed by atoms with van der Waals surface area (Å²) in [7, 11) is -0.150. The molecule has 0 aliphatic carbocycles. The molecule has 0 atom stereocenters. The molecule has 0 aromatic carbocycles. The molecule has 0 saturated carbocycles. The predicted octanol–water partition coefficient (Wildman–Crippen LogP) is 5.23. The lowest BCUT2D eigenvalue weighted by molar-refractivity contribution is 0.519. The van der Waals surface area contributed by atoms with Gasteiger partial charge >= 0.3 is 0 Å². The Balaban J connectivity index is 2.18. The van der Waals surface area contributed by atoms with Crippen LogP contribution in [0.2, 0.25) is 12.1 Å². The fraction of sp³-hybridized carbons (Fsp3) is 1.00. The van der Waals surface area contributed by atoms with Crippen LogP contribution in [0.15, 0.2) is 0 Å². The molecule has 1 rings (SSSR count). The average Bonchev–Trinajstić information content (AvgIpc) is 2.91. The molecule has 1 aliphatic rings. The minimum atomic E-state index is -0.150.